The molecule has 3 heteroatoms. The van der Waals surface area contributed by atoms with E-state index >= 15 is 0 Å². The average Bonchev–Trinajstić information content (AvgIpc) is 2.30. The normalized spacial score (nSPS) is 20.1. The third kappa shape index (κ3) is 2.55. The summed E-state index contributed by atoms with van der Waals surface area (Å²) in [5.41, 5.74) is 0.823. The molecule has 0 spiro atoms. The van der Waals surface area contributed by atoms with Crippen LogP contribution in [0.4, 0.5) is 4.39 Å². The van der Waals surface area contributed by atoms with Gasteiger partial charge in [-0.1, -0.05) is 12.1 Å². The first-order chi connectivity index (χ1) is 7.27. The summed E-state index contributed by atoms with van der Waals surface area (Å²) < 4.78 is 12.7. The first kappa shape index (κ1) is 10.6. The fourth-order valence-corrected chi connectivity index (χ4v) is 2.09. The second-order valence-electron chi connectivity index (χ2n) is 4.08. The van der Waals surface area contributed by atoms with Gasteiger partial charge in [-0.05, 0) is 49.5 Å². The summed E-state index contributed by atoms with van der Waals surface area (Å²) in [6.07, 6.45) is 1.52. The standard InChI is InChI=1S/C12H16FNO/c13-11-3-1-9(2-4-11)12(15)10-5-7-14-8-6-10/h1-4,10,12,14-15H,5-8H2/t12-/m1/s1. The van der Waals surface area contributed by atoms with Crippen LogP contribution in [0.25, 0.3) is 0 Å². The van der Waals surface area contributed by atoms with Crippen molar-refractivity contribution in [1.82, 2.24) is 5.32 Å². The molecule has 2 nitrogen and oxygen atoms in total. The van der Waals surface area contributed by atoms with E-state index in [2.05, 4.69) is 5.32 Å². The predicted molar refractivity (Wildman–Crippen MR) is 57.0 cm³/mol. The van der Waals surface area contributed by atoms with Crippen LogP contribution in [0.1, 0.15) is 24.5 Å². The molecule has 2 N–H and O–H groups in total. The minimum atomic E-state index is -0.451. The van der Waals surface area contributed by atoms with Crippen LogP contribution in [0.5, 0.6) is 0 Å². The van der Waals surface area contributed by atoms with E-state index in [1.54, 1.807) is 12.1 Å². The molecule has 2 rings (SSSR count). The fraction of sp³-hybridized carbons (Fsp3) is 0.500. The number of benzene rings is 1. The third-order valence-electron chi connectivity index (χ3n) is 3.04. The summed E-state index contributed by atoms with van der Waals surface area (Å²) in [4.78, 5) is 0. The smallest absolute Gasteiger partial charge is 0.123 e. The van der Waals surface area contributed by atoms with Gasteiger partial charge in [-0.15, -0.1) is 0 Å². The van der Waals surface area contributed by atoms with Gasteiger partial charge in [0.05, 0.1) is 6.10 Å². The van der Waals surface area contributed by atoms with E-state index in [4.69, 9.17) is 0 Å². The molecule has 1 aliphatic heterocycles. The monoisotopic (exact) mass is 209 g/mol. The molecule has 0 aliphatic carbocycles. The molecule has 1 aromatic carbocycles. The second kappa shape index (κ2) is 4.73. The van der Waals surface area contributed by atoms with Gasteiger partial charge in [-0.2, -0.15) is 0 Å². The highest BCUT2D eigenvalue weighted by Gasteiger charge is 2.22. The maximum absolute atomic E-state index is 12.7. The van der Waals surface area contributed by atoms with Gasteiger partial charge in [-0.25, -0.2) is 4.39 Å². The van der Waals surface area contributed by atoms with E-state index in [9.17, 15) is 9.50 Å². The molecule has 15 heavy (non-hydrogen) atoms. The molecule has 1 heterocycles. The summed E-state index contributed by atoms with van der Waals surface area (Å²) in [7, 11) is 0. The maximum atomic E-state index is 12.7. The van der Waals surface area contributed by atoms with E-state index in [1.807, 2.05) is 0 Å². The number of hydrogen-bond acceptors (Lipinski definition) is 2. The molecule has 0 amide bonds. The lowest BCUT2D eigenvalue weighted by Crippen LogP contribution is -2.30. The number of rotatable bonds is 2. The minimum Gasteiger partial charge on any atom is -0.388 e. The van der Waals surface area contributed by atoms with Crippen LogP contribution in [0, 0.1) is 11.7 Å². The molecule has 82 valence electrons. The second-order valence-corrected chi connectivity index (χ2v) is 4.08. The zero-order chi connectivity index (χ0) is 10.7. The van der Waals surface area contributed by atoms with Crippen molar-refractivity contribution in [3.63, 3.8) is 0 Å². The molecule has 0 bridgehead atoms. The Labute approximate surface area is 89.1 Å². The van der Waals surface area contributed by atoms with Gasteiger partial charge in [0.1, 0.15) is 5.82 Å². The molecule has 1 atom stereocenters. The lowest BCUT2D eigenvalue weighted by molar-refractivity contribution is 0.0889. The first-order valence-electron chi connectivity index (χ1n) is 5.41. The largest absolute Gasteiger partial charge is 0.388 e. The molecule has 0 radical (unpaired) electrons. The lowest BCUT2D eigenvalue weighted by atomic mass is 9.88. The van der Waals surface area contributed by atoms with Gasteiger partial charge in [0, 0.05) is 0 Å². The molecule has 0 saturated carbocycles. The zero-order valence-corrected chi connectivity index (χ0v) is 8.62. The van der Waals surface area contributed by atoms with Gasteiger partial charge >= 0.3 is 0 Å². The lowest BCUT2D eigenvalue weighted by Gasteiger charge is -2.27. The van der Waals surface area contributed by atoms with Crippen molar-refractivity contribution in [3.05, 3.63) is 35.6 Å². The summed E-state index contributed by atoms with van der Waals surface area (Å²) >= 11 is 0. The van der Waals surface area contributed by atoms with Crippen LogP contribution >= 0.6 is 0 Å². The van der Waals surface area contributed by atoms with Gasteiger partial charge in [0.15, 0.2) is 0 Å². The Morgan fingerprint density at radius 3 is 2.40 bits per heavy atom. The third-order valence-corrected chi connectivity index (χ3v) is 3.04. The van der Waals surface area contributed by atoms with Gasteiger partial charge in [0.25, 0.3) is 0 Å². The number of hydrogen-bond donors (Lipinski definition) is 2. The van der Waals surface area contributed by atoms with Crippen molar-refractivity contribution in [2.45, 2.75) is 18.9 Å². The van der Waals surface area contributed by atoms with Crippen molar-refractivity contribution < 1.29 is 9.50 Å². The van der Waals surface area contributed by atoms with Crippen LogP contribution in [-0.2, 0) is 0 Å². The quantitative estimate of drug-likeness (QED) is 0.779. The SMILES string of the molecule is O[C@H](c1ccc(F)cc1)C1CCNCC1. The van der Waals surface area contributed by atoms with Crippen molar-refractivity contribution >= 4 is 0 Å². The number of aliphatic hydroxyl groups excluding tert-OH is 1. The Balaban J connectivity index is 2.05. The van der Waals surface area contributed by atoms with E-state index in [-0.39, 0.29) is 5.82 Å². The van der Waals surface area contributed by atoms with Crippen LogP contribution in [0.15, 0.2) is 24.3 Å². The molecule has 0 unspecified atom stereocenters. The predicted octanol–water partition coefficient (Wildman–Crippen LogP) is 1.86. The number of piperidine rings is 1. The Kier molecular flexibility index (Phi) is 3.34. The summed E-state index contributed by atoms with van der Waals surface area (Å²) in [5.74, 6) is 0.0490. The Morgan fingerprint density at radius 2 is 1.80 bits per heavy atom. The van der Waals surface area contributed by atoms with Crippen LogP contribution in [0.2, 0.25) is 0 Å². The van der Waals surface area contributed by atoms with Crippen molar-refractivity contribution in [2.24, 2.45) is 5.92 Å². The molecule has 1 aliphatic rings. The van der Waals surface area contributed by atoms with E-state index in [1.165, 1.54) is 12.1 Å². The summed E-state index contributed by atoms with van der Waals surface area (Å²) in [6, 6.07) is 6.14. The average molecular weight is 209 g/mol. The molecule has 1 aromatic rings. The van der Waals surface area contributed by atoms with Crippen LogP contribution < -0.4 is 5.32 Å². The van der Waals surface area contributed by atoms with Crippen molar-refractivity contribution in [1.29, 1.82) is 0 Å². The number of halogens is 1. The minimum absolute atomic E-state index is 0.253. The zero-order valence-electron chi connectivity index (χ0n) is 8.62. The van der Waals surface area contributed by atoms with Crippen LogP contribution in [-0.4, -0.2) is 18.2 Å². The van der Waals surface area contributed by atoms with Crippen molar-refractivity contribution in [3.8, 4) is 0 Å². The maximum Gasteiger partial charge on any atom is 0.123 e. The van der Waals surface area contributed by atoms with E-state index in [0.29, 0.717) is 5.92 Å². The molecule has 1 saturated heterocycles. The first-order valence-corrected chi connectivity index (χ1v) is 5.41. The van der Waals surface area contributed by atoms with Crippen molar-refractivity contribution in [2.75, 3.05) is 13.1 Å². The van der Waals surface area contributed by atoms with E-state index < -0.39 is 6.10 Å². The van der Waals surface area contributed by atoms with Gasteiger partial charge < -0.3 is 10.4 Å². The van der Waals surface area contributed by atoms with Gasteiger partial charge in [-0.3, -0.25) is 0 Å². The topological polar surface area (TPSA) is 32.3 Å². The molecule has 0 aromatic heterocycles. The number of nitrogens with one attached hydrogen (secondary N) is 1. The highest BCUT2D eigenvalue weighted by Crippen LogP contribution is 2.28. The summed E-state index contributed by atoms with van der Waals surface area (Å²) in [5, 5.41) is 13.3. The highest BCUT2D eigenvalue weighted by atomic mass is 19.1. The molecule has 1 fully saturated rings. The Morgan fingerprint density at radius 1 is 1.20 bits per heavy atom. The fourth-order valence-electron chi connectivity index (χ4n) is 2.09. The Bertz CT molecular complexity index is 306. The van der Waals surface area contributed by atoms with Gasteiger partial charge in [0.2, 0.25) is 0 Å². The van der Waals surface area contributed by atoms with E-state index in [0.717, 1.165) is 31.5 Å². The van der Waals surface area contributed by atoms with Crippen LogP contribution in [0.3, 0.4) is 0 Å². The highest BCUT2D eigenvalue weighted by molar-refractivity contribution is 5.19. The summed E-state index contributed by atoms with van der Waals surface area (Å²) in [6.45, 7) is 1.92. The molecular formula is C12H16FNO. The Hall–Kier alpha value is -0.930. The number of aliphatic hydroxyl groups is 1. The molecular weight excluding hydrogens is 193 g/mol.